The van der Waals surface area contributed by atoms with Crippen molar-refractivity contribution < 1.29 is 9.47 Å². The van der Waals surface area contributed by atoms with Gasteiger partial charge >= 0.3 is 0 Å². The number of rotatable bonds is 2. The van der Waals surface area contributed by atoms with E-state index < -0.39 is 0 Å². The molecule has 5 heteroatoms. The lowest BCUT2D eigenvalue weighted by Gasteiger charge is -2.10. The second-order valence-corrected chi connectivity index (χ2v) is 4.31. The Morgan fingerprint density at radius 2 is 1.89 bits per heavy atom. The van der Waals surface area contributed by atoms with Crippen LogP contribution in [0.15, 0.2) is 36.5 Å². The van der Waals surface area contributed by atoms with Crippen LogP contribution in [0, 0.1) is 0 Å². The van der Waals surface area contributed by atoms with Gasteiger partial charge in [-0.25, -0.2) is 4.98 Å². The van der Waals surface area contributed by atoms with E-state index >= 15 is 0 Å². The summed E-state index contributed by atoms with van der Waals surface area (Å²) in [6.45, 7) is 1.36. The van der Waals surface area contributed by atoms with Crippen LogP contribution in [0.25, 0.3) is 0 Å². The van der Waals surface area contributed by atoms with Gasteiger partial charge in [0.2, 0.25) is 0 Å². The molecule has 0 saturated heterocycles. The number of pyridine rings is 1. The quantitative estimate of drug-likeness (QED) is 0.865. The summed E-state index contributed by atoms with van der Waals surface area (Å²) in [5.41, 5.74) is 7.28. The molecular weight excluding hydrogens is 242 g/mol. The number of hydrogen-bond donors (Lipinski definition) is 2. The summed E-state index contributed by atoms with van der Waals surface area (Å²) in [4.78, 5) is 4.20. The predicted octanol–water partition coefficient (Wildman–Crippen LogP) is 2.57. The zero-order chi connectivity index (χ0) is 13.1. The molecule has 0 spiro atoms. The van der Waals surface area contributed by atoms with Crippen molar-refractivity contribution in [3.05, 3.63) is 36.5 Å². The van der Waals surface area contributed by atoms with Gasteiger partial charge in [0, 0.05) is 36.1 Å². The molecule has 1 aliphatic rings. The molecule has 2 aromatic rings. The van der Waals surface area contributed by atoms with E-state index in [1.54, 1.807) is 18.3 Å². The summed E-state index contributed by atoms with van der Waals surface area (Å²) in [7, 11) is 0. The van der Waals surface area contributed by atoms with Gasteiger partial charge in [0.05, 0.1) is 13.2 Å². The van der Waals surface area contributed by atoms with Gasteiger partial charge in [-0.05, 0) is 18.2 Å². The number of nitrogens with one attached hydrogen (secondary N) is 1. The third-order valence-corrected chi connectivity index (χ3v) is 2.80. The Hall–Kier alpha value is -2.43. The maximum Gasteiger partial charge on any atom is 0.163 e. The van der Waals surface area contributed by atoms with E-state index in [1.165, 1.54) is 0 Å². The maximum absolute atomic E-state index is 5.72. The maximum atomic E-state index is 5.72. The van der Waals surface area contributed by atoms with E-state index in [1.807, 2.05) is 18.2 Å². The number of nitrogen functional groups attached to an aromatic ring is 1. The van der Waals surface area contributed by atoms with Crippen LogP contribution in [-0.4, -0.2) is 18.2 Å². The fourth-order valence-corrected chi connectivity index (χ4v) is 1.90. The first-order valence-electron chi connectivity index (χ1n) is 6.19. The molecule has 0 atom stereocenters. The first-order valence-corrected chi connectivity index (χ1v) is 6.19. The Morgan fingerprint density at radius 1 is 1.05 bits per heavy atom. The Morgan fingerprint density at radius 3 is 2.74 bits per heavy atom. The Kier molecular flexibility index (Phi) is 3.10. The first-order chi connectivity index (χ1) is 9.31. The van der Waals surface area contributed by atoms with Gasteiger partial charge in [-0.2, -0.15) is 0 Å². The lowest BCUT2D eigenvalue weighted by atomic mass is 10.2. The average molecular weight is 257 g/mol. The van der Waals surface area contributed by atoms with Gasteiger partial charge < -0.3 is 20.5 Å². The molecule has 2 heterocycles. The lowest BCUT2D eigenvalue weighted by molar-refractivity contribution is 0.297. The molecule has 1 aromatic carbocycles. The van der Waals surface area contributed by atoms with Gasteiger partial charge in [-0.15, -0.1) is 0 Å². The zero-order valence-corrected chi connectivity index (χ0v) is 10.4. The number of benzene rings is 1. The van der Waals surface area contributed by atoms with Gasteiger partial charge in [0.15, 0.2) is 11.5 Å². The summed E-state index contributed by atoms with van der Waals surface area (Å²) in [5, 5.41) is 3.19. The standard InChI is InChI=1S/C14H15N3O2/c15-10-4-5-16-14(8-10)17-11-2-3-12-13(9-11)19-7-1-6-18-12/h2-5,8-9H,1,6-7H2,(H3,15,16,17). The number of hydrogen-bond acceptors (Lipinski definition) is 5. The minimum absolute atomic E-state index is 0.673. The molecule has 0 radical (unpaired) electrons. The Balaban J connectivity index is 1.84. The Bertz CT molecular complexity index is 587. The summed E-state index contributed by atoms with van der Waals surface area (Å²) < 4.78 is 11.2. The molecule has 98 valence electrons. The molecule has 0 unspecified atom stereocenters. The normalized spacial score (nSPS) is 13.7. The highest BCUT2D eigenvalue weighted by Crippen LogP contribution is 2.33. The highest BCUT2D eigenvalue weighted by atomic mass is 16.5. The molecule has 3 N–H and O–H groups in total. The molecule has 0 bridgehead atoms. The SMILES string of the molecule is Nc1ccnc(Nc2ccc3c(c2)OCCCO3)c1. The van der Waals surface area contributed by atoms with E-state index in [0.717, 1.165) is 23.6 Å². The highest BCUT2D eigenvalue weighted by Gasteiger charge is 2.10. The average Bonchev–Trinajstić information content (AvgIpc) is 2.63. The summed E-state index contributed by atoms with van der Waals surface area (Å²) in [6.07, 6.45) is 2.56. The van der Waals surface area contributed by atoms with Crippen LogP contribution in [0.1, 0.15) is 6.42 Å². The van der Waals surface area contributed by atoms with Crippen molar-refractivity contribution in [1.29, 1.82) is 0 Å². The fraction of sp³-hybridized carbons (Fsp3) is 0.214. The van der Waals surface area contributed by atoms with Gasteiger partial charge in [-0.1, -0.05) is 0 Å². The van der Waals surface area contributed by atoms with Crippen LogP contribution in [0.4, 0.5) is 17.2 Å². The van der Waals surface area contributed by atoms with Crippen LogP contribution >= 0.6 is 0 Å². The molecule has 1 aromatic heterocycles. The number of ether oxygens (including phenoxy) is 2. The second-order valence-electron chi connectivity index (χ2n) is 4.31. The monoisotopic (exact) mass is 257 g/mol. The van der Waals surface area contributed by atoms with E-state index in [9.17, 15) is 0 Å². The molecule has 0 saturated carbocycles. The highest BCUT2D eigenvalue weighted by molar-refractivity contribution is 5.63. The van der Waals surface area contributed by atoms with Crippen LogP contribution in [0.5, 0.6) is 11.5 Å². The number of anilines is 3. The third kappa shape index (κ3) is 2.70. The molecule has 1 aliphatic heterocycles. The van der Waals surface area contributed by atoms with E-state index in [-0.39, 0.29) is 0 Å². The van der Waals surface area contributed by atoms with Crippen LogP contribution in [0.3, 0.4) is 0 Å². The molecular formula is C14H15N3O2. The number of fused-ring (bicyclic) bond motifs is 1. The smallest absolute Gasteiger partial charge is 0.163 e. The van der Waals surface area contributed by atoms with Gasteiger partial charge in [0.25, 0.3) is 0 Å². The summed E-state index contributed by atoms with van der Waals surface area (Å²) in [6, 6.07) is 9.27. The van der Waals surface area contributed by atoms with E-state index in [0.29, 0.717) is 24.7 Å². The largest absolute Gasteiger partial charge is 0.490 e. The summed E-state index contributed by atoms with van der Waals surface area (Å²) >= 11 is 0. The van der Waals surface area contributed by atoms with E-state index in [4.69, 9.17) is 15.2 Å². The third-order valence-electron chi connectivity index (χ3n) is 2.80. The second kappa shape index (κ2) is 5.06. The molecule has 0 aliphatic carbocycles. The minimum Gasteiger partial charge on any atom is -0.490 e. The van der Waals surface area contributed by atoms with Crippen molar-refractivity contribution in [2.45, 2.75) is 6.42 Å². The van der Waals surface area contributed by atoms with Crippen molar-refractivity contribution in [3.63, 3.8) is 0 Å². The number of nitrogens with two attached hydrogens (primary N) is 1. The molecule has 0 fully saturated rings. The zero-order valence-electron chi connectivity index (χ0n) is 10.4. The fourth-order valence-electron chi connectivity index (χ4n) is 1.90. The van der Waals surface area contributed by atoms with Gasteiger partial charge in [0.1, 0.15) is 5.82 Å². The Labute approximate surface area is 111 Å². The van der Waals surface area contributed by atoms with Crippen LogP contribution in [-0.2, 0) is 0 Å². The van der Waals surface area contributed by atoms with Gasteiger partial charge in [-0.3, -0.25) is 0 Å². The molecule has 3 rings (SSSR count). The van der Waals surface area contributed by atoms with E-state index in [2.05, 4.69) is 10.3 Å². The van der Waals surface area contributed by atoms with Crippen molar-refractivity contribution in [1.82, 2.24) is 4.98 Å². The van der Waals surface area contributed by atoms with Crippen molar-refractivity contribution in [2.75, 3.05) is 24.3 Å². The van der Waals surface area contributed by atoms with Crippen LogP contribution < -0.4 is 20.5 Å². The van der Waals surface area contributed by atoms with Crippen molar-refractivity contribution >= 4 is 17.2 Å². The first kappa shape index (κ1) is 11.6. The van der Waals surface area contributed by atoms with Crippen molar-refractivity contribution in [3.8, 4) is 11.5 Å². The number of aromatic nitrogens is 1. The minimum atomic E-state index is 0.673. The number of nitrogens with zero attached hydrogens (tertiary/aromatic N) is 1. The van der Waals surface area contributed by atoms with Crippen LogP contribution in [0.2, 0.25) is 0 Å². The topological polar surface area (TPSA) is 69.4 Å². The molecule has 19 heavy (non-hydrogen) atoms. The molecule has 0 amide bonds. The van der Waals surface area contributed by atoms with Crippen molar-refractivity contribution in [2.24, 2.45) is 0 Å². The lowest BCUT2D eigenvalue weighted by Crippen LogP contribution is -1.97. The summed E-state index contributed by atoms with van der Waals surface area (Å²) in [5.74, 6) is 2.24. The molecule has 5 nitrogen and oxygen atoms in total. The predicted molar refractivity (Wildman–Crippen MR) is 74.0 cm³/mol.